The van der Waals surface area contributed by atoms with Gasteiger partial charge < -0.3 is 10.6 Å². The van der Waals surface area contributed by atoms with E-state index in [1.54, 1.807) is 0 Å². The van der Waals surface area contributed by atoms with Crippen LogP contribution in [0.15, 0.2) is 0 Å². The summed E-state index contributed by atoms with van der Waals surface area (Å²) in [6, 6.07) is 0.373. The van der Waals surface area contributed by atoms with E-state index >= 15 is 0 Å². The second-order valence-corrected chi connectivity index (χ2v) is 9.56. The minimum absolute atomic E-state index is 0.317. The molecule has 1 heterocycles. The first-order valence-corrected chi connectivity index (χ1v) is 8.88. The molecule has 0 radical (unpaired) electrons. The van der Waals surface area contributed by atoms with Crippen molar-refractivity contribution in [2.45, 2.75) is 71.3 Å². The van der Waals surface area contributed by atoms with Gasteiger partial charge in [-0.2, -0.15) is 0 Å². The molecular weight excluding hydrogens is 260 g/mol. The smallest absolute Gasteiger partial charge is 0.220 e. The molecule has 118 valence electrons. The summed E-state index contributed by atoms with van der Waals surface area (Å²) in [6.07, 6.45) is 10.0. The van der Waals surface area contributed by atoms with Gasteiger partial charge in [0.2, 0.25) is 5.91 Å². The van der Waals surface area contributed by atoms with Crippen LogP contribution in [0.25, 0.3) is 0 Å². The molecular formula is C18H30N2O. The standard InChI is InChI=1S/C18H30N2O/c1-16-5-13-6-17(2,10-16)12-18(7-13,11-16)8-15(21)20-14-3-4-19-9-14/h13-14,19H,3-12H2,1-2H3,(H,20,21)/t13?,14-,16?,17?,18?/m1/s1. The van der Waals surface area contributed by atoms with E-state index in [-0.39, 0.29) is 0 Å². The van der Waals surface area contributed by atoms with Gasteiger partial charge in [0.05, 0.1) is 0 Å². The molecule has 5 rings (SSSR count). The zero-order valence-corrected chi connectivity index (χ0v) is 13.6. The number of carbonyl (C=O) groups is 1. The molecule has 0 spiro atoms. The van der Waals surface area contributed by atoms with Gasteiger partial charge in [0.1, 0.15) is 0 Å². The van der Waals surface area contributed by atoms with Gasteiger partial charge in [-0.15, -0.1) is 0 Å². The highest BCUT2D eigenvalue weighted by Gasteiger charge is 2.60. The summed E-state index contributed by atoms with van der Waals surface area (Å²) in [7, 11) is 0. The molecule has 1 amide bonds. The van der Waals surface area contributed by atoms with Crippen LogP contribution in [-0.4, -0.2) is 25.0 Å². The third-order valence-electron chi connectivity index (χ3n) is 6.70. The number of amides is 1. The van der Waals surface area contributed by atoms with E-state index in [0.29, 0.717) is 28.2 Å². The Balaban J connectivity index is 1.47. The molecule has 3 heteroatoms. The third-order valence-corrected chi connectivity index (χ3v) is 6.70. The van der Waals surface area contributed by atoms with Crippen molar-refractivity contribution in [3.63, 3.8) is 0 Å². The van der Waals surface area contributed by atoms with E-state index in [1.165, 1.54) is 38.5 Å². The molecule has 1 aliphatic heterocycles. The van der Waals surface area contributed by atoms with Crippen molar-refractivity contribution in [2.75, 3.05) is 13.1 Å². The van der Waals surface area contributed by atoms with Crippen LogP contribution in [0.3, 0.4) is 0 Å². The molecule has 0 aromatic heterocycles. The van der Waals surface area contributed by atoms with Crippen LogP contribution in [0.2, 0.25) is 0 Å². The normalized spacial score (nSPS) is 51.3. The molecule has 0 aromatic rings. The third kappa shape index (κ3) is 2.52. The fourth-order valence-corrected chi connectivity index (χ4v) is 7.28. The maximum atomic E-state index is 12.6. The average Bonchev–Trinajstić information content (AvgIpc) is 2.74. The fourth-order valence-electron chi connectivity index (χ4n) is 7.28. The lowest BCUT2D eigenvalue weighted by molar-refractivity contribution is -0.156. The van der Waals surface area contributed by atoms with Gasteiger partial charge in [0.15, 0.2) is 0 Å². The number of rotatable bonds is 3. The van der Waals surface area contributed by atoms with Crippen LogP contribution >= 0.6 is 0 Å². The molecule has 2 N–H and O–H groups in total. The largest absolute Gasteiger partial charge is 0.352 e. The summed E-state index contributed by atoms with van der Waals surface area (Å²) in [6.45, 7) is 6.98. The van der Waals surface area contributed by atoms with Crippen LogP contribution in [0, 0.1) is 22.2 Å². The maximum Gasteiger partial charge on any atom is 0.220 e. The van der Waals surface area contributed by atoms with Crippen LogP contribution < -0.4 is 10.6 Å². The second-order valence-electron chi connectivity index (χ2n) is 9.56. The lowest BCUT2D eigenvalue weighted by Gasteiger charge is -2.65. The molecule has 0 aromatic carbocycles. The lowest BCUT2D eigenvalue weighted by Crippen LogP contribution is -2.56. The van der Waals surface area contributed by atoms with E-state index < -0.39 is 0 Å². The SMILES string of the molecule is CC12CC3CC(C)(C1)CC(CC(=O)N[C@@H]1CCNC1)(C3)C2. The summed E-state index contributed by atoms with van der Waals surface area (Å²) < 4.78 is 0. The molecule has 1 saturated heterocycles. The Kier molecular flexibility index (Phi) is 2.99. The van der Waals surface area contributed by atoms with Crippen molar-refractivity contribution in [2.24, 2.45) is 22.2 Å². The molecule has 5 fully saturated rings. The van der Waals surface area contributed by atoms with Crippen molar-refractivity contribution in [1.82, 2.24) is 10.6 Å². The molecule has 21 heavy (non-hydrogen) atoms. The number of nitrogens with one attached hydrogen (secondary N) is 2. The summed E-state index contributed by atoms with van der Waals surface area (Å²) in [4.78, 5) is 12.6. The topological polar surface area (TPSA) is 41.1 Å². The highest BCUT2D eigenvalue weighted by molar-refractivity contribution is 5.77. The van der Waals surface area contributed by atoms with Gasteiger partial charge >= 0.3 is 0 Å². The quantitative estimate of drug-likeness (QED) is 0.839. The number of carbonyl (C=O) groups excluding carboxylic acids is 1. The fraction of sp³-hybridized carbons (Fsp3) is 0.944. The highest BCUT2D eigenvalue weighted by atomic mass is 16.1. The van der Waals surface area contributed by atoms with Crippen molar-refractivity contribution in [1.29, 1.82) is 0 Å². The maximum absolute atomic E-state index is 12.6. The van der Waals surface area contributed by atoms with Crippen LogP contribution in [-0.2, 0) is 4.79 Å². The molecule has 4 aliphatic carbocycles. The number of hydrogen-bond acceptors (Lipinski definition) is 2. The predicted octanol–water partition coefficient (Wildman–Crippen LogP) is 2.85. The summed E-state index contributed by atoms with van der Waals surface area (Å²) in [5.74, 6) is 1.20. The van der Waals surface area contributed by atoms with Gasteiger partial charge in [-0.05, 0) is 73.7 Å². The first kappa shape index (κ1) is 14.0. The van der Waals surface area contributed by atoms with Crippen molar-refractivity contribution >= 4 is 5.91 Å². The van der Waals surface area contributed by atoms with E-state index in [1.807, 2.05) is 0 Å². The Morgan fingerprint density at radius 1 is 1.14 bits per heavy atom. The Morgan fingerprint density at radius 3 is 2.43 bits per heavy atom. The number of hydrogen-bond donors (Lipinski definition) is 2. The van der Waals surface area contributed by atoms with Gasteiger partial charge in [-0.3, -0.25) is 4.79 Å². The lowest BCUT2D eigenvalue weighted by atomic mass is 9.40. The molecule has 5 aliphatic rings. The van der Waals surface area contributed by atoms with Crippen LogP contribution in [0.5, 0.6) is 0 Å². The first-order valence-electron chi connectivity index (χ1n) is 8.88. The van der Waals surface area contributed by atoms with Crippen LogP contribution in [0.1, 0.15) is 65.2 Å². The monoisotopic (exact) mass is 290 g/mol. The molecule has 4 saturated carbocycles. The highest BCUT2D eigenvalue weighted by Crippen LogP contribution is 2.70. The molecule has 4 bridgehead atoms. The molecule has 2 unspecified atom stereocenters. The zero-order valence-electron chi connectivity index (χ0n) is 13.6. The Morgan fingerprint density at radius 2 is 1.86 bits per heavy atom. The Hall–Kier alpha value is -0.570. The zero-order chi connectivity index (χ0) is 14.7. The summed E-state index contributed by atoms with van der Waals surface area (Å²) in [5.41, 5.74) is 1.35. The Labute approximate surface area is 128 Å². The van der Waals surface area contributed by atoms with E-state index in [0.717, 1.165) is 31.8 Å². The van der Waals surface area contributed by atoms with Gasteiger partial charge in [-0.1, -0.05) is 13.8 Å². The molecule has 3 nitrogen and oxygen atoms in total. The predicted molar refractivity (Wildman–Crippen MR) is 83.9 cm³/mol. The second kappa shape index (κ2) is 4.47. The van der Waals surface area contributed by atoms with E-state index in [4.69, 9.17) is 0 Å². The van der Waals surface area contributed by atoms with Crippen LogP contribution in [0.4, 0.5) is 0 Å². The minimum Gasteiger partial charge on any atom is -0.352 e. The van der Waals surface area contributed by atoms with Gasteiger partial charge in [0, 0.05) is 19.0 Å². The van der Waals surface area contributed by atoms with Gasteiger partial charge in [0.25, 0.3) is 0 Å². The summed E-state index contributed by atoms with van der Waals surface area (Å²) >= 11 is 0. The average molecular weight is 290 g/mol. The Bertz CT molecular complexity index is 436. The van der Waals surface area contributed by atoms with E-state index in [2.05, 4.69) is 24.5 Å². The van der Waals surface area contributed by atoms with Crippen molar-refractivity contribution in [3.8, 4) is 0 Å². The minimum atomic E-state index is 0.317. The first-order chi connectivity index (χ1) is 9.88. The van der Waals surface area contributed by atoms with Crippen molar-refractivity contribution < 1.29 is 4.79 Å². The van der Waals surface area contributed by atoms with Crippen molar-refractivity contribution in [3.05, 3.63) is 0 Å². The van der Waals surface area contributed by atoms with E-state index in [9.17, 15) is 4.79 Å². The van der Waals surface area contributed by atoms with Gasteiger partial charge in [-0.25, -0.2) is 0 Å². The summed E-state index contributed by atoms with van der Waals surface area (Å²) in [5, 5.41) is 6.61. The molecule has 3 atom stereocenters.